The lowest BCUT2D eigenvalue weighted by Gasteiger charge is -2.36. The van der Waals surface area contributed by atoms with Crippen molar-refractivity contribution in [2.24, 2.45) is 0 Å². The zero-order chi connectivity index (χ0) is 21.1. The summed E-state index contributed by atoms with van der Waals surface area (Å²) in [4.78, 5) is 42.3. The molecule has 0 atom stereocenters. The Morgan fingerprint density at radius 3 is 2.17 bits per heavy atom. The average molecular weight is 412 g/mol. The van der Waals surface area contributed by atoms with Crippen LogP contribution in [0.2, 0.25) is 0 Å². The standard InChI is InChI=1S/C20H28N8O2/c1-16-22-17(25-8-6-24(2)7-9-25)14-18(23-16)26-10-12-27(13-11-26)20(30)15-28-19(29)4-3-5-21-28/h3-5,14H,6-13,15H2,1-2H3. The first-order valence-electron chi connectivity index (χ1n) is 10.3. The van der Waals surface area contributed by atoms with E-state index in [0.717, 1.165) is 43.6 Å². The molecule has 30 heavy (non-hydrogen) atoms. The van der Waals surface area contributed by atoms with E-state index in [1.807, 2.05) is 6.92 Å². The molecule has 0 saturated carbocycles. The van der Waals surface area contributed by atoms with Crippen molar-refractivity contribution >= 4 is 17.5 Å². The fourth-order valence-electron chi connectivity index (χ4n) is 3.82. The molecule has 0 unspecified atom stereocenters. The molecule has 2 aliphatic heterocycles. The maximum absolute atomic E-state index is 12.6. The van der Waals surface area contributed by atoms with Gasteiger partial charge in [0.05, 0.1) is 0 Å². The van der Waals surface area contributed by atoms with Crippen molar-refractivity contribution in [1.29, 1.82) is 0 Å². The summed E-state index contributed by atoms with van der Waals surface area (Å²) >= 11 is 0. The molecule has 10 heteroatoms. The number of likely N-dealkylation sites (N-methyl/N-ethyl adjacent to an activating group) is 1. The molecule has 2 saturated heterocycles. The minimum Gasteiger partial charge on any atom is -0.354 e. The Bertz CT molecular complexity index is 946. The first-order valence-corrected chi connectivity index (χ1v) is 10.3. The van der Waals surface area contributed by atoms with Crippen LogP contribution in [-0.4, -0.2) is 94.9 Å². The Balaban J connectivity index is 1.38. The molecule has 2 aromatic heterocycles. The summed E-state index contributed by atoms with van der Waals surface area (Å²) in [6, 6.07) is 5.04. The summed E-state index contributed by atoms with van der Waals surface area (Å²) in [6.45, 7) is 8.44. The lowest BCUT2D eigenvalue weighted by atomic mass is 10.3. The molecule has 2 aromatic rings. The highest BCUT2D eigenvalue weighted by Crippen LogP contribution is 2.21. The maximum atomic E-state index is 12.6. The number of piperazine rings is 2. The molecule has 2 aliphatic rings. The molecule has 4 rings (SSSR count). The number of amides is 1. The highest BCUT2D eigenvalue weighted by molar-refractivity contribution is 5.76. The Kier molecular flexibility index (Phi) is 5.93. The van der Waals surface area contributed by atoms with E-state index in [0.29, 0.717) is 26.2 Å². The molecule has 1 amide bonds. The maximum Gasteiger partial charge on any atom is 0.267 e. The van der Waals surface area contributed by atoms with Gasteiger partial charge in [-0.1, -0.05) is 0 Å². The summed E-state index contributed by atoms with van der Waals surface area (Å²) in [5, 5.41) is 3.97. The van der Waals surface area contributed by atoms with Crippen LogP contribution in [-0.2, 0) is 11.3 Å². The van der Waals surface area contributed by atoms with Gasteiger partial charge in [0.15, 0.2) is 0 Å². The number of aryl methyl sites for hydroxylation is 1. The molecule has 0 spiro atoms. The van der Waals surface area contributed by atoms with Crippen LogP contribution >= 0.6 is 0 Å². The number of anilines is 2. The van der Waals surface area contributed by atoms with Gasteiger partial charge in [-0.3, -0.25) is 9.59 Å². The lowest BCUT2D eigenvalue weighted by Crippen LogP contribution is -2.50. The van der Waals surface area contributed by atoms with E-state index < -0.39 is 0 Å². The van der Waals surface area contributed by atoms with Crippen LogP contribution in [0.15, 0.2) is 29.2 Å². The fraction of sp³-hybridized carbons (Fsp3) is 0.550. The summed E-state index contributed by atoms with van der Waals surface area (Å²) in [5.74, 6) is 2.55. The Morgan fingerprint density at radius 2 is 1.57 bits per heavy atom. The van der Waals surface area contributed by atoms with Crippen molar-refractivity contribution < 1.29 is 4.79 Å². The third-order valence-electron chi connectivity index (χ3n) is 5.66. The number of carbonyl (C=O) groups is 1. The third kappa shape index (κ3) is 4.59. The predicted octanol–water partition coefficient (Wildman–Crippen LogP) is -0.558. The molecular formula is C20H28N8O2. The van der Waals surface area contributed by atoms with Gasteiger partial charge >= 0.3 is 0 Å². The van der Waals surface area contributed by atoms with Crippen molar-refractivity contribution in [2.75, 3.05) is 69.2 Å². The van der Waals surface area contributed by atoms with Crippen molar-refractivity contribution in [3.05, 3.63) is 40.6 Å². The van der Waals surface area contributed by atoms with Gasteiger partial charge in [-0.15, -0.1) is 0 Å². The number of hydrogen-bond acceptors (Lipinski definition) is 8. The topological polar surface area (TPSA) is 90.7 Å². The zero-order valence-corrected chi connectivity index (χ0v) is 17.6. The largest absolute Gasteiger partial charge is 0.354 e. The van der Waals surface area contributed by atoms with E-state index in [4.69, 9.17) is 0 Å². The quantitative estimate of drug-likeness (QED) is 0.660. The normalized spacial score (nSPS) is 18.0. The Labute approximate surface area is 175 Å². The van der Waals surface area contributed by atoms with E-state index in [1.165, 1.54) is 16.9 Å². The van der Waals surface area contributed by atoms with Crippen LogP contribution < -0.4 is 15.4 Å². The van der Waals surface area contributed by atoms with Crippen LogP contribution in [0.25, 0.3) is 0 Å². The molecular weight excluding hydrogens is 384 g/mol. The van der Waals surface area contributed by atoms with Gasteiger partial charge in [-0.05, 0) is 20.0 Å². The number of carbonyl (C=O) groups excluding carboxylic acids is 1. The molecule has 10 nitrogen and oxygen atoms in total. The minimum atomic E-state index is -0.266. The third-order valence-corrected chi connectivity index (χ3v) is 5.66. The van der Waals surface area contributed by atoms with E-state index >= 15 is 0 Å². The van der Waals surface area contributed by atoms with Crippen molar-refractivity contribution in [1.82, 2.24) is 29.5 Å². The molecule has 0 radical (unpaired) electrons. The number of nitrogens with zero attached hydrogens (tertiary/aromatic N) is 8. The summed E-state index contributed by atoms with van der Waals surface area (Å²) in [5.41, 5.74) is -0.266. The Hall–Kier alpha value is -3.01. The molecule has 0 aliphatic carbocycles. The second-order valence-corrected chi connectivity index (χ2v) is 7.81. The molecule has 0 bridgehead atoms. The average Bonchev–Trinajstić information content (AvgIpc) is 2.75. The van der Waals surface area contributed by atoms with E-state index in [2.05, 4.69) is 42.9 Å². The summed E-state index contributed by atoms with van der Waals surface area (Å²) in [6.07, 6.45) is 1.52. The zero-order valence-electron chi connectivity index (χ0n) is 17.6. The van der Waals surface area contributed by atoms with Crippen LogP contribution in [0.5, 0.6) is 0 Å². The van der Waals surface area contributed by atoms with Gasteiger partial charge < -0.3 is 19.6 Å². The first kappa shape index (κ1) is 20.3. The van der Waals surface area contributed by atoms with Gasteiger partial charge in [0.25, 0.3) is 5.56 Å². The summed E-state index contributed by atoms with van der Waals surface area (Å²) < 4.78 is 1.20. The fourth-order valence-corrected chi connectivity index (χ4v) is 3.82. The first-order chi connectivity index (χ1) is 14.5. The van der Waals surface area contributed by atoms with Crippen molar-refractivity contribution in [3.8, 4) is 0 Å². The molecule has 0 aromatic carbocycles. The number of hydrogen-bond donors (Lipinski definition) is 0. The minimum absolute atomic E-state index is 0.0279. The number of rotatable bonds is 4. The second-order valence-electron chi connectivity index (χ2n) is 7.81. The SMILES string of the molecule is Cc1nc(N2CCN(C)CC2)cc(N2CCN(C(=O)Cn3ncccc3=O)CC2)n1. The lowest BCUT2D eigenvalue weighted by molar-refractivity contribution is -0.132. The van der Waals surface area contributed by atoms with E-state index in [1.54, 1.807) is 11.0 Å². The molecule has 4 heterocycles. The van der Waals surface area contributed by atoms with Crippen molar-refractivity contribution in [2.45, 2.75) is 13.5 Å². The van der Waals surface area contributed by atoms with E-state index in [9.17, 15) is 9.59 Å². The van der Waals surface area contributed by atoms with Crippen LogP contribution in [0, 0.1) is 6.92 Å². The van der Waals surface area contributed by atoms with E-state index in [-0.39, 0.29) is 18.0 Å². The monoisotopic (exact) mass is 412 g/mol. The smallest absolute Gasteiger partial charge is 0.267 e. The van der Waals surface area contributed by atoms with Gasteiger partial charge in [0, 0.05) is 70.7 Å². The molecule has 160 valence electrons. The van der Waals surface area contributed by atoms with Gasteiger partial charge in [-0.2, -0.15) is 5.10 Å². The molecule has 0 N–H and O–H groups in total. The van der Waals surface area contributed by atoms with Crippen LogP contribution in [0.1, 0.15) is 5.82 Å². The van der Waals surface area contributed by atoms with Gasteiger partial charge in [-0.25, -0.2) is 14.6 Å². The van der Waals surface area contributed by atoms with Gasteiger partial charge in [0.2, 0.25) is 5.91 Å². The van der Waals surface area contributed by atoms with Crippen LogP contribution in [0.3, 0.4) is 0 Å². The van der Waals surface area contributed by atoms with Crippen LogP contribution in [0.4, 0.5) is 11.6 Å². The highest BCUT2D eigenvalue weighted by atomic mass is 16.2. The predicted molar refractivity (Wildman–Crippen MR) is 114 cm³/mol. The van der Waals surface area contributed by atoms with Crippen molar-refractivity contribution in [3.63, 3.8) is 0 Å². The summed E-state index contributed by atoms with van der Waals surface area (Å²) in [7, 11) is 2.14. The Morgan fingerprint density at radius 1 is 0.967 bits per heavy atom. The molecule has 2 fully saturated rings. The highest BCUT2D eigenvalue weighted by Gasteiger charge is 2.24. The second kappa shape index (κ2) is 8.78. The van der Waals surface area contributed by atoms with Gasteiger partial charge in [0.1, 0.15) is 24.0 Å². The number of aromatic nitrogens is 4.